The van der Waals surface area contributed by atoms with Crippen LogP contribution in [0.1, 0.15) is 12.0 Å². The molecule has 2 atom stereocenters. The summed E-state index contributed by atoms with van der Waals surface area (Å²) < 4.78 is 5.47. The van der Waals surface area contributed by atoms with Gasteiger partial charge in [-0.15, -0.1) is 0 Å². The Hall–Kier alpha value is -1.39. The summed E-state index contributed by atoms with van der Waals surface area (Å²) in [7, 11) is 0. The van der Waals surface area contributed by atoms with Crippen LogP contribution in [-0.4, -0.2) is 42.3 Å². The van der Waals surface area contributed by atoms with Crippen molar-refractivity contribution in [3.63, 3.8) is 0 Å². The standard InChI is InChI=1S/C15H19NO3/c17-14(18)13-9-16(8-12-4-2-1-3-5-12)10-15(13)6-7-19-11-15/h1-5,13H,6-11H2,(H,17,18). The number of aliphatic carboxylic acids is 1. The van der Waals surface area contributed by atoms with Gasteiger partial charge in [0.15, 0.2) is 0 Å². The van der Waals surface area contributed by atoms with Crippen molar-refractivity contribution < 1.29 is 14.6 Å². The molecule has 2 fully saturated rings. The summed E-state index contributed by atoms with van der Waals surface area (Å²) in [6, 6.07) is 10.2. The van der Waals surface area contributed by atoms with Gasteiger partial charge in [0, 0.05) is 31.7 Å². The van der Waals surface area contributed by atoms with Crippen molar-refractivity contribution in [2.45, 2.75) is 13.0 Å². The van der Waals surface area contributed by atoms with E-state index in [1.807, 2.05) is 18.2 Å². The van der Waals surface area contributed by atoms with Crippen LogP contribution in [-0.2, 0) is 16.1 Å². The van der Waals surface area contributed by atoms with Crippen molar-refractivity contribution in [1.82, 2.24) is 4.90 Å². The quantitative estimate of drug-likeness (QED) is 0.898. The molecule has 4 heteroatoms. The summed E-state index contributed by atoms with van der Waals surface area (Å²) in [6.07, 6.45) is 0.870. The van der Waals surface area contributed by atoms with E-state index in [2.05, 4.69) is 17.0 Å². The topological polar surface area (TPSA) is 49.8 Å². The van der Waals surface area contributed by atoms with Crippen LogP contribution in [0, 0.1) is 11.3 Å². The summed E-state index contributed by atoms with van der Waals surface area (Å²) in [5.74, 6) is -0.972. The molecule has 0 saturated carbocycles. The highest BCUT2D eigenvalue weighted by Crippen LogP contribution is 2.43. The molecule has 0 aliphatic carbocycles. The lowest BCUT2D eigenvalue weighted by molar-refractivity contribution is -0.144. The molecule has 2 heterocycles. The van der Waals surface area contributed by atoms with Gasteiger partial charge in [0.1, 0.15) is 0 Å². The van der Waals surface area contributed by atoms with Crippen LogP contribution in [0.5, 0.6) is 0 Å². The molecule has 2 saturated heterocycles. The van der Waals surface area contributed by atoms with E-state index in [4.69, 9.17) is 4.74 Å². The Morgan fingerprint density at radius 3 is 2.84 bits per heavy atom. The largest absolute Gasteiger partial charge is 0.481 e. The lowest BCUT2D eigenvalue weighted by Gasteiger charge is -2.25. The van der Waals surface area contributed by atoms with Gasteiger partial charge in [0.2, 0.25) is 0 Å². The Labute approximate surface area is 113 Å². The second kappa shape index (κ2) is 4.94. The molecule has 1 spiro atoms. The van der Waals surface area contributed by atoms with E-state index in [-0.39, 0.29) is 11.3 Å². The number of nitrogens with zero attached hydrogens (tertiary/aromatic N) is 1. The highest BCUT2D eigenvalue weighted by atomic mass is 16.5. The van der Waals surface area contributed by atoms with Crippen LogP contribution in [0.3, 0.4) is 0 Å². The van der Waals surface area contributed by atoms with Gasteiger partial charge >= 0.3 is 5.97 Å². The van der Waals surface area contributed by atoms with E-state index in [0.717, 1.165) is 19.5 Å². The summed E-state index contributed by atoms with van der Waals surface area (Å²) >= 11 is 0. The molecule has 1 aromatic rings. The molecule has 2 aliphatic heterocycles. The molecule has 0 radical (unpaired) electrons. The Kier molecular flexibility index (Phi) is 3.29. The normalized spacial score (nSPS) is 31.1. The fourth-order valence-corrected chi connectivity index (χ4v) is 3.40. The summed E-state index contributed by atoms with van der Waals surface area (Å²) in [4.78, 5) is 13.7. The van der Waals surface area contributed by atoms with Gasteiger partial charge < -0.3 is 9.84 Å². The molecule has 1 aromatic carbocycles. The Balaban J connectivity index is 1.74. The van der Waals surface area contributed by atoms with Gasteiger partial charge in [-0.2, -0.15) is 0 Å². The van der Waals surface area contributed by atoms with Crippen LogP contribution in [0.25, 0.3) is 0 Å². The molecular formula is C15H19NO3. The van der Waals surface area contributed by atoms with Gasteiger partial charge in [0.25, 0.3) is 0 Å². The van der Waals surface area contributed by atoms with Gasteiger partial charge in [-0.25, -0.2) is 0 Å². The first-order valence-corrected chi connectivity index (χ1v) is 6.76. The highest BCUT2D eigenvalue weighted by molar-refractivity contribution is 5.72. The molecule has 0 aromatic heterocycles. The van der Waals surface area contributed by atoms with E-state index in [1.54, 1.807) is 0 Å². The number of carboxylic acids is 1. The maximum atomic E-state index is 11.5. The average Bonchev–Trinajstić information content (AvgIpc) is 2.99. The van der Waals surface area contributed by atoms with Crippen LogP contribution >= 0.6 is 0 Å². The molecule has 4 nitrogen and oxygen atoms in total. The van der Waals surface area contributed by atoms with Crippen molar-refractivity contribution in [2.75, 3.05) is 26.3 Å². The predicted molar refractivity (Wildman–Crippen MR) is 70.7 cm³/mol. The van der Waals surface area contributed by atoms with Crippen LogP contribution in [0.15, 0.2) is 30.3 Å². The van der Waals surface area contributed by atoms with Crippen molar-refractivity contribution >= 4 is 5.97 Å². The fraction of sp³-hybridized carbons (Fsp3) is 0.533. The second-order valence-electron chi connectivity index (χ2n) is 5.71. The van der Waals surface area contributed by atoms with Crippen molar-refractivity contribution in [1.29, 1.82) is 0 Å². The van der Waals surface area contributed by atoms with Gasteiger partial charge in [-0.05, 0) is 12.0 Å². The SMILES string of the molecule is O=C(O)C1CN(Cc2ccccc2)CC12CCOC2. The Bertz CT molecular complexity index is 454. The third-order valence-electron chi connectivity index (χ3n) is 4.40. The molecule has 0 amide bonds. The fourth-order valence-electron chi connectivity index (χ4n) is 3.40. The summed E-state index contributed by atoms with van der Waals surface area (Å²) in [6.45, 7) is 3.58. The minimum Gasteiger partial charge on any atom is -0.481 e. The van der Waals surface area contributed by atoms with Crippen LogP contribution in [0.2, 0.25) is 0 Å². The number of hydrogen-bond donors (Lipinski definition) is 1. The van der Waals surface area contributed by atoms with E-state index in [9.17, 15) is 9.90 Å². The van der Waals surface area contributed by atoms with Gasteiger partial charge in [-0.1, -0.05) is 30.3 Å². The van der Waals surface area contributed by atoms with Crippen molar-refractivity contribution in [3.05, 3.63) is 35.9 Å². The monoisotopic (exact) mass is 261 g/mol. The number of likely N-dealkylation sites (tertiary alicyclic amines) is 1. The third kappa shape index (κ3) is 2.38. The zero-order valence-corrected chi connectivity index (χ0v) is 10.9. The first-order valence-electron chi connectivity index (χ1n) is 6.76. The van der Waals surface area contributed by atoms with Gasteiger partial charge in [-0.3, -0.25) is 9.69 Å². The summed E-state index contributed by atoms with van der Waals surface area (Å²) in [5, 5.41) is 9.44. The minimum atomic E-state index is -0.680. The van der Waals surface area contributed by atoms with E-state index >= 15 is 0 Å². The lowest BCUT2D eigenvalue weighted by Crippen LogP contribution is -2.35. The molecule has 2 unspecified atom stereocenters. The number of ether oxygens (including phenoxy) is 1. The minimum absolute atomic E-state index is 0.166. The number of rotatable bonds is 3. The summed E-state index contributed by atoms with van der Waals surface area (Å²) in [5.41, 5.74) is 1.07. The molecule has 1 N–H and O–H groups in total. The lowest BCUT2D eigenvalue weighted by atomic mass is 9.77. The molecular weight excluding hydrogens is 242 g/mol. The zero-order chi connectivity index (χ0) is 13.3. The van der Waals surface area contributed by atoms with Gasteiger partial charge in [0.05, 0.1) is 12.5 Å². The molecule has 2 aliphatic rings. The number of carbonyl (C=O) groups is 1. The molecule has 3 rings (SSSR count). The smallest absolute Gasteiger partial charge is 0.308 e. The molecule has 19 heavy (non-hydrogen) atoms. The van der Waals surface area contributed by atoms with Crippen molar-refractivity contribution in [3.8, 4) is 0 Å². The first-order chi connectivity index (χ1) is 9.20. The van der Waals surface area contributed by atoms with E-state index in [0.29, 0.717) is 19.8 Å². The first kappa shape index (κ1) is 12.6. The number of carboxylic acid groups (broad SMARTS) is 1. The average molecular weight is 261 g/mol. The zero-order valence-electron chi connectivity index (χ0n) is 10.9. The van der Waals surface area contributed by atoms with E-state index < -0.39 is 5.97 Å². The third-order valence-corrected chi connectivity index (χ3v) is 4.40. The predicted octanol–water partition coefficient (Wildman–Crippen LogP) is 1.61. The maximum absolute atomic E-state index is 11.5. The Morgan fingerprint density at radius 1 is 1.42 bits per heavy atom. The molecule has 0 bridgehead atoms. The number of hydrogen-bond acceptors (Lipinski definition) is 3. The number of benzene rings is 1. The van der Waals surface area contributed by atoms with E-state index in [1.165, 1.54) is 5.56 Å². The van der Waals surface area contributed by atoms with Crippen LogP contribution in [0.4, 0.5) is 0 Å². The van der Waals surface area contributed by atoms with Crippen molar-refractivity contribution in [2.24, 2.45) is 11.3 Å². The second-order valence-corrected chi connectivity index (χ2v) is 5.71. The highest BCUT2D eigenvalue weighted by Gasteiger charge is 2.52. The van der Waals surface area contributed by atoms with Crippen LogP contribution < -0.4 is 0 Å². The Morgan fingerprint density at radius 2 is 2.21 bits per heavy atom. The maximum Gasteiger partial charge on any atom is 0.308 e. The molecule has 102 valence electrons.